The highest BCUT2D eigenvalue weighted by molar-refractivity contribution is 5.16. The molecular weight excluding hydrogens is 172 g/mol. The summed E-state index contributed by atoms with van der Waals surface area (Å²) >= 11 is 0. The zero-order valence-corrected chi connectivity index (χ0v) is 8.71. The van der Waals surface area contributed by atoms with Gasteiger partial charge < -0.3 is 10.6 Å². The Morgan fingerprint density at radius 1 is 1.07 bits per heavy atom. The van der Waals surface area contributed by atoms with Gasteiger partial charge in [0.05, 0.1) is 0 Å². The fourth-order valence-electron chi connectivity index (χ4n) is 4.39. The minimum atomic E-state index is 0.939. The van der Waals surface area contributed by atoms with Crippen molar-refractivity contribution < 1.29 is 0 Å². The third kappa shape index (κ3) is 0.989. The first-order chi connectivity index (χ1) is 6.93. The van der Waals surface area contributed by atoms with E-state index in [9.17, 15) is 0 Å². The van der Waals surface area contributed by atoms with Crippen molar-refractivity contribution in [3.05, 3.63) is 0 Å². The average Bonchev–Trinajstić information content (AvgIpc) is 2.54. The Kier molecular flexibility index (Phi) is 1.58. The third-order valence-electron chi connectivity index (χ3n) is 5.24. The van der Waals surface area contributed by atoms with Gasteiger partial charge in [-0.3, -0.25) is 0 Å². The van der Waals surface area contributed by atoms with E-state index in [-0.39, 0.29) is 0 Å². The molecule has 14 heavy (non-hydrogen) atoms. The van der Waals surface area contributed by atoms with Crippen LogP contribution >= 0.6 is 0 Å². The molecule has 4 atom stereocenters. The van der Waals surface area contributed by atoms with E-state index in [2.05, 4.69) is 10.6 Å². The van der Waals surface area contributed by atoms with Gasteiger partial charge in [-0.1, -0.05) is 0 Å². The monoisotopic (exact) mass is 192 g/mol. The van der Waals surface area contributed by atoms with Crippen LogP contribution in [-0.2, 0) is 0 Å². The van der Waals surface area contributed by atoms with Gasteiger partial charge in [0.2, 0.25) is 0 Å². The van der Waals surface area contributed by atoms with Gasteiger partial charge in [0.1, 0.15) is 0 Å². The Hall–Kier alpha value is -0.0800. The molecule has 1 aliphatic heterocycles. The normalized spacial score (nSPS) is 54.4. The molecule has 4 fully saturated rings. The first-order valence-electron chi connectivity index (χ1n) is 6.37. The molecule has 0 aromatic rings. The molecule has 4 unspecified atom stereocenters. The number of nitrogens with one attached hydrogen (secondary N) is 2. The van der Waals surface area contributed by atoms with E-state index in [4.69, 9.17) is 0 Å². The molecule has 0 spiro atoms. The second kappa shape index (κ2) is 2.73. The Labute approximate surface area is 85.8 Å². The van der Waals surface area contributed by atoms with Crippen molar-refractivity contribution in [2.75, 3.05) is 19.6 Å². The fourth-order valence-corrected chi connectivity index (χ4v) is 4.39. The maximum absolute atomic E-state index is 3.82. The van der Waals surface area contributed by atoms with Crippen molar-refractivity contribution in [1.29, 1.82) is 0 Å². The van der Waals surface area contributed by atoms with Gasteiger partial charge in [0.25, 0.3) is 0 Å². The molecule has 0 amide bonds. The van der Waals surface area contributed by atoms with Crippen LogP contribution in [-0.4, -0.2) is 25.7 Å². The van der Waals surface area contributed by atoms with E-state index in [0.717, 1.165) is 35.6 Å². The molecule has 0 radical (unpaired) electrons. The molecule has 4 rings (SSSR count). The zero-order chi connectivity index (χ0) is 9.12. The molecule has 0 aromatic heterocycles. The van der Waals surface area contributed by atoms with Gasteiger partial charge in [-0.25, -0.2) is 0 Å². The summed E-state index contributed by atoms with van der Waals surface area (Å²) in [7, 11) is 0. The quantitative estimate of drug-likeness (QED) is 0.692. The van der Waals surface area contributed by atoms with E-state index < -0.39 is 0 Å². The first-order valence-corrected chi connectivity index (χ1v) is 6.37. The fraction of sp³-hybridized carbons (Fsp3) is 1.00. The minimum absolute atomic E-state index is 0.939. The second-order valence-electron chi connectivity index (χ2n) is 5.95. The minimum Gasteiger partial charge on any atom is -0.316 e. The zero-order valence-electron chi connectivity index (χ0n) is 8.71. The van der Waals surface area contributed by atoms with Gasteiger partial charge in [-0.2, -0.15) is 0 Å². The van der Waals surface area contributed by atoms with Crippen molar-refractivity contribution >= 4 is 0 Å². The van der Waals surface area contributed by atoms with Crippen molar-refractivity contribution in [2.45, 2.75) is 25.3 Å². The van der Waals surface area contributed by atoms with Crippen LogP contribution in [0.15, 0.2) is 0 Å². The molecule has 0 aromatic carbocycles. The van der Waals surface area contributed by atoms with Gasteiger partial charge in [-0.05, 0) is 48.9 Å². The second-order valence-corrected chi connectivity index (χ2v) is 5.95. The molecule has 1 saturated heterocycles. The molecule has 1 heterocycles. The summed E-state index contributed by atoms with van der Waals surface area (Å²) in [6, 6.07) is 0.946. The van der Waals surface area contributed by atoms with Crippen molar-refractivity contribution in [1.82, 2.24) is 10.6 Å². The lowest BCUT2D eigenvalue weighted by Crippen LogP contribution is -2.48. The van der Waals surface area contributed by atoms with Crippen LogP contribution in [0.5, 0.6) is 0 Å². The summed E-state index contributed by atoms with van der Waals surface area (Å²) < 4.78 is 0. The molecule has 2 bridgehead atoms. The average molecular weight is 192 g/mol. The summed E-state index contributed by atoms with van der Waals surface area (Å²) in [5.74, 6) is 5.42. The summed E-state index contributed by atoms with van der Waals surface area (Å²) in [5.41, 5.74) is 0. The largest absolute Gasteiger partial charge is 0.316 e. The van der Waals surface area contributed by atoms with Crippen LogP contribution in [0, 0.1) is 29.6 Å². The molecule has 78 valence electrons. The van der Waals surface area contributed by atoms with E-state index in [0.29, 0.717) is 0 Å². The van der Waals surface area contributed by atoms with Crippen LogP contribution in [0.1, 0.15) is 19.3 Å². The number of fused-ring (bicyclic) bond motifs is 5. The predicted molar refractivity (Wildman–Crippen MR) is 56.0 cm³/mol. The van der Waals surface area contributed by atoms with Gasteiger partial charge in [0, 0.05) is 25.7 Å². The highest BCUT2D eigenvalue weighted by Crippen LogP contribution is 2.65. The number of hydrogen-bond donors (Lipinski definition) is 2. The maximum atomic E-state index is 3.82. The van der Waals surface area contributed by atoms with Crippen molar-refractivity contribution in [3.8, 4) is 0 Å². The van der Waals surface area contributed by atoms with Crippen molar-refractivity contribution in [2.24, 2.45) is 29.6 Å². The summed E-state index contributed by atoms with van der Waals surface area (Å²) in [4.78, 5) is 0. The van der Waals surface area contributed by atoms with Crippen LogP contribution in [0.3, 0.4) is 0 Å². The number of hydrogen-bond acceptors (Lipinski definition) is 2. The lowest BCUT2D eigenvalue weighted by Gasteiger charge is -2.27. The lowest BCUT2D eigenvalue weighted by atomic mass is 10.0. The predicted octanol–water partition coefficient (Wildman–Crippen LogP) is 0.840. The molecular formula is C12H20N2. The Morgan fingerprint density at radius 3 is 2.36 bits per heavy atom. The molecule has 2 N–H and O–H groups in total. The summed E-state index contributed by atoms with van der Waals surface area (Å²) in [6.45, 7) is 3.79. The standard InChI is InChI=1S/C12H20N2/c1-2-9-3-8(1)10-11(9)12(10)14-6-7-4-13-5-7/h7-14H,1-6H2. The highest BCUT2D eigenvalue weighted by atomic mass is 15.1. The topological polar surface area (TPSA) is 24.1 Å². The molecule has 2 nitrogen and oxygen atoms in total. The van der Waals surface area contributed by atoms with E-state index in [1.54, 1.807) is 19.3 Å². The van der Waals surface area contributed by atoms with Crippen LogP contribution in [0.2, 0.25) is 0 Å². The van der Waals surface area contributed by atoms with E-state index >= 15 is 0 Å². The SMILES string of the molecule is C1NCC1CNC1C2C3CCC(C3)C12. The van der Waals surface area contributed by atoms with Crippen LogP contribution in [0.25, 0.3) is 0 Å². The lowest BCUT2D eigenvalue weighted by molar-refractivity contribution is 0.319. The van der Waals surface area contributed by atoms with Crippen molar-refractivity contribution in [3.63, 3.8) is 0 Å². The Bertz CT molecular complexity index is 233. The van der Waals surface area contributed by atoms with E-state index in [1.165, 1.54) is 19.6 Å². The molecule has 3 saturated carbocycles. The van der Waals surface area contributed by atoms with Crippen LogP contribution < -0.4 is 10.6 Å². The van der Waals surface area contributed by atoms with Gasteiger partial charge in [0.15, 0.2) is 0 Å². The summed E-state index contributed by atoms with van der Waals surface area (Å²) in [6.07, 6.45) is 4.68. The molecule has 3 aliphatic carbocycles. The number of rotatable bonds is 3. The molecule has 4 aliphatic rings. The first kappa shape index (κ1) is 8.12. The highest BCUT2D eigenvalue weighted by Gasteiger charge is 2.64. The Morgan fingerprint density at radius 2 is 1.79 bits per heavy atom. The smallest absolute Gasteiger partial charge is 0.0136 e. The van der Waals surface area contributed by atoms with Gasteiger partial charge in [-0.15, -0.1) is 0 Å². The van der Waals surface area contributed by atoms with Crippen LogP contribution in [0.4, 0.5) is 0 Å². The summed E-state index contributed by atoms with van der Waals surface area (Å²) in [5, 5.41) is 7.17. The van der Waals surface area contributed by atoms with E-state index in [1.807, 2.05) is 0 Å². The Balaban J connectivity index is 1.33. The maximum Gasteiger partial charge on any atom is 0.0136 e. The van der Waals surface area contributed by atoms with Gasteiger partial charge >= 0.3 is 0 Å². The third-order valence-corrected chi connectivity index (χ3v) is 5.24. The molecule has 2 heteroatoms.